The lowest BCUT2D eigenvalue weighted by atomic mass is 10.2. The second-order valence-corrected chi connectivity index (χ2v) is 6.62. The Morgan fingerprint density at radius 3 is 2.52 bits per heavy atom. The number of benzene rings is 1. The predicted molar refractivity (Wildman–Crippen MR) is 101 cm³/mol. The molecule has 144 valence electrons. The number of nitrogens with one attached hydrogen (secondary N) is 1. The number of hydrogen-bond acceptors (Lipinski definition) is 6. The van der Waals surface area contributed by atoms with Crippen LogP contribution in [0.15, 0.2) is 29.6 Å². The van der Waals surface area contributed by atoms with Gasteiger partial charge in [-0.1, -0.05) is 0 Å². The maximum Gasteiger partial charge on any atom is 0.326 e. The maximum absolute atomic E-state index is 12.8. The van der Waals surface area contributed by atoms with E-state index < -0.39 is 17.9 Å². The summed E-state index contributed by atoms with van der Waals surface area (Å²) in [6.45, 7) is 3.01. The van der Waals surface area contributed by atoms with Crippen molar-refractivity contribution >= 4 is 29.1 Å². The highest BCUT2D eigenvalue weighted by molar-refractivity contribution is 7.13. The van der Waals surface area contributed by atoms with Gasteiger partial charge in [0.1, 0.15) is 22.5 Å². The quantitative estimate of drug-likeness (QED) is 0.711. The molecule has 0 aliphatic rings. The van der Waals surface area contributed by atoms with E-state index in [1.807, 2.05) is 12.1 Å². The van der Waals surface area contributed by atoms with Crippen molar-refractivity contribution in [2.45, 2.75) is 19.9 Å². The first kappa shape index (κ1) is 20.4. The number of ether oxygens (including phenoxy) is 1. The van der Waals surface area contributed by atoms with Gasteiger partial charge in [-0.3, -0.25) is 9.59 Å². The summed E-state index contributed by atoms with van der Waals surface area (Å²) in [7, 11) is 1.58. The Balaban J connectivity index is 2.19. The highest BCUT2D eigenvalue weighted by Gasteiger charge is 2.27. The van der Waals surface area contributed by atoms with Gasteiger partial charge in [-0.25, -0.2) is 9.78 Å². The number of carboxylic acid groups (broad SMARTS) is 1. The molecular weight excluding hydrogens is 370 g/mol. The molecule has 2 rings (SSSR count). The first-order valence-corrected chi connectivity index (χ1v) is 9.09. The van der Waals surface area contributed by atoms with Gasteiger partial charge in [-0.15, -0.1) is 11.3 Å². The molecular formula is C18H21N3O5S. The molecule has 1 aromatic carbocycles. The average Bonchev–Trinajstić information content (AvgIpc) is 3.14. The Morgan fingerprint density at radius 1 is 1.30 bits per heavy atom. The topological polar surface area (TPSA) is 109 Å². The lowest BCUT2D eigenvalue weighted by molar-refractivity contribution is -0.141. The molecule has 0 aliphatic heterocycles. The van der Waals surface area contributed by atoms with E-state index in [9.17, 15) is 19.5 Å². The molecule has 8 nitrogen and oxygen atoms in total. The van der Waals surface area contributed by atoms with E-state index in [-0.39, 0.29) is 24.7 Å². The van der Waals surface area contributed by atoms with Crippen LogP contribution in [0, 0.1) is 0 Å². The first-order chi connectivity index (χ1) is 12.8. The third kappa shape index (κ3) is 5.27. The normalized spacial score (nSPS) is 11.5. The van der Waals surface area contributed by atoms with Crippen molar-refractivity contribution in [2.24, 2.45) is 0 Å². The fourth-order valence-electron chi connectivity index (χ4n) is 2.34. The molecule has 1 atom stereocenters. The second-order valence-electron chi connectivity index (χ2n) is 5.76. The summed E-state index contributed by atoms with van der Waals surface area (Å²) in [5, 5.41) is 14.1. The van der Waals surface area contributed by atoms with E-state index in [4.69, 9.17) is 4.74 Å². The molecule has 1 unspecified atom stereocenters. The highest BCUT2D eigenvalue weighted by Crippen LogP contribution is 2.26. The number of carbonyl (C=O) groups excluding carboxylic acids is 2. The minimum absolute atomic E-state index is 0.0707. The van der Waals surface area contributed by atoms with Gasteiger partial charge in [0, 0.05) is 31.0 Å². The second kappa shape index (κ2) is 9.13. The van der Waals surface area contributed by atoms with E-state index >= 15 is 0 Å². The molecule has 1 heterocycles. The Morgan fingerprint density at radius 2 is 1.96 bits per heavy atom. The number of hydrogen-bond donors (Lipinski definition) is 2. The van der Waals surface area contributed by atoms with Crippen LogP contribution in [0.25, 0.3) is 10.6 Å². The smallest absolute Gasteiger partial charge is 0.326 e. The largest absolute Gasteiger partial charge is 0.497 e. The van der Waals surface area contributed by atoms with Crippen LogP contribution in [-0.4, -0.2) is 59.0 Å². The zero-order chi connectivity index (χ0) is 20.0. The molecule has 0 radical (unpaired) electrons. The zero-order valence-corrected chi connectivity index (χ0v) is 16.1. The Hall–Kier alpha value is -2.94. The van der Waals surface area contributed by atoms with Crippen LogP contribution in [0.5, 0.6) is 5.75 Å². The molecule has 0 saturated carbocycles. The fraction of sp³-hybridized carbons (Fsp3) is 0.333. The van der Waals surface area contributed by atoms with Crippen LogP contribution >= 0.6 is 11.3 Å². The SMILES string of the molecule is COc1ccc(-c2nc(C(=O)N(CCNC(C)=O)C(C)C(=O)O)cs2)cc1. The summed E-state index contributed by atoms with van der Waals surface area (Å²) in [6.07, 6.45) is 0. The van der Waals surface area contributed by atoms with Crippen LogP contribution in [0.1, 0.15) is 24.3 Å². The third-order valence-corrected chi connectivity index (χ3v) is 4.76. The van der Waals surface area contributed by atoms with Crippen molar-refractivity contribution in [1.29, 1.82) is 0 Å². The molecule has 0 spiro atoms. The van der Waals surface area contributed by atoms with Gasteiger partial charge in [-0.05, 0) is 31.2 Å². The van der Waals surface area contributed by atoms with Gasteiger partial charge in [0.15, 0.2) is 0 Å². The minimum Gasteiger partial charge on any atom is -0.497 e. The van der Waals surface area contributed by atoms with Crippen LogP contribution in [0.4, 0.5) is 0 Å². The van der Waals surface area contributed by atoms with Crippen molar-refractivity contribution in [3.8, 4) is 16.3 Å². The lowest BCUT2D eigenvalue weighted by Gasteiger charge is -2.25. The summed E-state index contributed by atoms with van der Waals surface area (Å²) in [6, 6.07) is 6.22. The van der Waals surface area contributed by atoms with Crippen LogP contribution in [0.3, 0.4) is 0 Å². The van der Waals surface area contributed by atoms with E-state index in [0.29, 0.717) is 10.8 Å². The van der Waals surface area contributed by atoms with E-state index in [1.54, 1.807) is 24.6 Å². The first-order valence-electron chi connectivity index (χ1n) is 8.21. The minimum atomic E-state index is -1.13. The summed E-state index contributed by atoms with van der Waals surface area (Å²) in [5.41, 5.74) is 0.998. The summed E-state index contributed by atoms with van der Waals surface area (Å²) in [4.78, 5) is 40.7. The molecule has 2 amide bonds. The summed E-state index contributed by atoms with van der Waals surface area (Å²) >= 11 is 1.29. The van der Waals surface area contributed by atoms with E-state index in [1.165, 1.54) is 30.1 Å². The molecule has 1 aromatic heterocycles. The van der Waals surface area contributed by atoms with Gasteiger partial charge in [0.25, 0.3) is 5.91 Å². The highest BCUT2D eigenvalue weighted by atomic mass is 32.1. The van der Waals surface area contributed by atoms with Crippen LogP contribution in [-0.2, 0) is 9.59 Å². The fourth-order valence-corrected chi connectivity index (χ4v) is 3.14. The molecule has 9 heteroatoms. The predicted octanol–water partition coefficient (Wildman–Crippen LogP) is 1.87. The molecule has 2 N–H and O–H groups in total. The van der Waals surface area contributed by atoms with Crippen molar-refractivity contribution in [3.63, 3.8) is 0 Å². The molecule has 2 aromatic rings. The van der Waals surface area contributed by atoms with Gasteiger partial charge >= 0.3 is 5.97 Å². The van der Waals surface area contributed by atoms with Crippen LogP contribution in [0.2, 0.25) is 0 Å². The van der Waals surface area contributed by atoms with Crippen molar-refractivity contribution in [2.75, 3.05) is 20.2 Å². The summed E-state index contributed by atoms with van der Waals surface area (Å²) < 4.78 is 5.12. The van der Waals surface area contributed by atoms with E-state index in [0.717, 1.165) is 5.56 Å². The summed E-state index contributed by atoms with van der Waals surface area (Å²) in [5.74, 6) is -1.16. The Labute approximate surface area is 160 Å². The number of aliphatic carboxylic acids is 1. The molecule has 0 aliphatic carbocycles. The van der Waals surface area contributed by atoms with Crippen molar-refractivity contribution in [1.82, 2.24) is 15.2 Å². The molecule has 0 saturated heterocycles. The van der Waals surface area contributed by atoms with E-state index in [2.05, 4.69) is 10.3 Å². The molecule has 0 bridgehead atoms. The number of rotatable bonds is 8. The molecule has 0 fully saturated rings. The molecule has 27 heavy (non-hydrogen) atoms. The Bertz CT molecular complexity index is 819. The average molecular weight is 391 g/mol. The number of nitrogens with zero attached hydrogens (tertiary/aromatic N) is 2. The number of amides is 2. The lowest BCUT2D eigenvalue weighted by Crippen LogP contribution is -2.46. The van der Waals surface area contributed by atoms with Crippen LogP contribution < -0.4 is 10.1 Å². The van der Waals surface area contributed by atoms with Crippen molar-refractivity contribution < 1.29 is 24.2 Å². The van der Waals surface area contributed by atoms with Gasteiger partial charge in [-0.2, -0.15) is 0 Å². The standard InChI is InChI=1S/C18H21N3O5S/c1-11(18(24)25)21(9-8-19-12(2)22)17(23)15-10-27-16(20-15)13-4-6-14(26-3)7-5-13/h4-7,10-11H,8-9H2,1-3H3,(H,19,22)(H,24,25). The third-order valence-electron chi connectivity index (χ3n) is 3.87. The van der Waals surface area contributed by atoms with Gasteiger partial charge in [0.05, 0.1) is 7.11 Å². The van der Waals surface area contributed by atoms with Gasteiger partial charge in [0.2, 0.25) is 5.91 Å². The van der Waals surface area contributed by atoms with Crippen molar-refractivity contribution in [3.05, 3.63) is 35.3 Å². The van der Waals surface area contributed by atoms with Gasteiger partial charge < -0.3 is 20.1 Å². The monoisotopic (exact) mass is 391 g/mol. The zero-order valence-electron chi connectivity index (χ0n) is 15.3. The maximum atomic E-state index is 12.8. The number of methoxy groups -OCH3 is 1. The number of thiazole rings is 1. The number of carbonyl (C=O) groups is 3. The number of carboxylic acids is 1. The number of aromatic nitrogens is 1. The Kier molecular flexibility index (Phi) is 6.89.